The molecule has 1 aromatic heterocycles. The minimum Gasteiger partial charge on any atom is -0.508 e. The number of benzene rings is 1. The van der Waals surface area contributed by atoms with Crippen molar-refractivity contribution in [3.05, 3.63) is 46.2 Å². The second-order valence-corrected chi connectivity index (χ2v) is 8.62. The quantitative estimate of drug-likeness (QED) is 0.602. The van der Waals surface area contributed by atoms with Crippen LogP contribution in [-0.2, 0) is 9.84 Å². The molecule has 1 fully saturated rings. The van der Waals surface area contributed by atoms with Crippen molar-refractivity contribution in [2.75, 3.05) is 11.5 Å². The minimum atomic E-state index is -3.05. The van der Waals surface area contributed by atoms with E-state index in [0.29, 0.717) is 23.2 Å². The highest BCUT2D eigenvalue weighted by Crippen LogP contribution is 2.29. The van der Waals surface area contributed by atoms with Crippen molar-refractivity contribution in [3.63, 3.8) is 0 Å². The Morgan fingerprint density at radius 2 is 2.12 bits per heavy atom. The number of nitrogens with zero attached hydrogens (tertiary/aromatic N) is 3. The fraction of sp³-hybridized carbons (Fsp3) is 0.312. The lowest BCUT2D eigenvalue weighted by atomic mass is 10.2. The van der Waals surface area contributed by atoms with Crippen molar-refractivity contribution < 1.29 is 18.3 Å². The van der Waals surface area contributed by atoms with Crippen molar-refractivity contribution in [3.8, 4) is 5.75 Å². The van der Waals surface area contributed by atoms with E-state index in [1.165, 1.54) is 35.2 Å². The summed E-state index contributed by atoms with van der Waals surface area (Å²) in [5, 5.41) is 17.7. The molecule has 0 aliphatic carbocycles. The molecule has 1 aliphatic rings. The number of carbonyl (C=O) groups is 1. The number of aryl methyl sites for hydroxylation is 1. The van der Waals surface area contributed by atoms with Gasteiger partial charge in [0.15, 0.2) is 9.84 Å². The molecule has 1 atom stereocenters. The van der Waals surface area contributed by atoms with Crippen molar-refractivity contribution in [2.45, 2.75) is 19.4 Å². The molecule has 2 N–H and O–H groups in total. The Labute approximate surface area is 155 Å². The third-order valence-corrected chi connectivity index (χ3v) is 6.24. The number of rotatable bonds is 4. The Kier molecular flexibility index (Phi) is 5.01. The van der Waals surface area contributed by atoms with Crippen LogP contribution in [-0.4, -0.2) is 46.9 Å². The van der Waals surface area contributed by atoms with Crippen molar-refractivity contribution >= 4 is 33.6 Å². The first-order valence-electron chi connectivity index (χ1n) is 7.84. The molecule has 10 heteroatoms. The van der Waals surface area contributed by atoms with Gasteiger partial charge in [0.05, 0.1) is 35.0 Å². The van der Waals surface area contributed by atoms with Crippen LogP contribution in [0.2, 0.25) is 5.15 Å². The number of hydrogen-bond acceptors (Lipinski definition) is 6. The van der Waals surface area contributed by atoms with Crippen LogP contribution in [0.25, 0.3) is 0 Å². The fourth-order valence-corrected chi connectivity index (χ4v) is 4.78. The number of aromatic nitrogens is 2. The number of amides is 1. The van der Waals surface area contributed by atoms with Gasteiger partial charge in [-0.15, -0.1) is 0 Å². The molecule has 0 unspecified atom stereocenters. The monoisotopic (exact) mass is 396 g/mol. The lowest BCUT2D eigenvalue weighted by molar-refractivity contribution is 0.0955. The van der Waals surface area contributed by atoms with Crippen molar-refractivity contribution in [2.24, 2.45) is 5.10 Å². The molecular weight excluding hydrogens is 380 g/mol. The molecule has 1 amide bonds. The highest BCUT2D eigenvalue weighted by Gasteiger charge is 2.31. The second-order valence-electron chi connectivity index (χ2n) is 6.04. The molecule has 1 aromatic carbocycles. The molecule has 8 nitrogen and oxygen atoms in total. The van der Waals surface area contributed by atoms with E-state index in [9.17, 15) is 18.3 Å². The summed E-state index contributed by atoms with van der Waals surface area (Å²) in [5.41, 5.74) is 3.81. The van der Waals surface area contributed by atoms with E-state index >= 15 is 0 Å². The molecule has 1 saturated heterocycles. The Bertz CT molecular complexity index is 967. The maximum absolute atomic E-state index is 12.0. The van der Waals surface area contributed by atoms with E-state index in [1.807, 2.05) is 0 Å². The molecule has 26 heavy (non-hydrogen) atoms. The molecule has 138 valence electrons. The summed E-state index contributed by atoms with van der Waals surface area (Å²) in [4.78, 5) is 12.0. The standard InChI is InChI=1S/C16H17ClN4O4S/c1-10-14(8-18-19-16(23)11-2-4-13(22)5-3-11)15(17)21(20-10)12-6-7-26(24,25)9-12/h2-5,8,12,22H,6-7,9H2,1H3,(H,19,23)/b18-8-/t12-/m0/s1. The van der Waals surface area contributed by atoms with Crippen LogP contribution in [0.15, 0.2) is 29.4 Å². The molecular formula is C16H17ClN4O4S. The highest BCUT2D eigenvalue weighted by atomic mass is 35.5. The fourth-order valence-electron chi connectivity index (χ4n) is 2.72. The second kappa shape index (κ2) is 7.08. The number of phenolic OH excluding ortho intramolecular Hbond substituents is 1. The van der Waals surface area contributed by atoms with Crippen LogP contribution in [0.4, 0.5) is 0 Å². The van der Waals surface area contributed by atoms with Crippen LogP contribution in [0.3, 0.4) is 0 Å². The Balaban J connectivity index is 1.73. The minimum absolute atomic E-state index is 0.0159. The summed E-state index contributed by atoms with van der Waals surface area (Å²) >= 11 is 6.33. The van der Waals surface area contributed by atoms with E-state index in [1.54, 1.807) is 6.92 Å². The van der Waals surface area contributed by atoms with Gasteiger partial charge in [0.2, 0.25) is 0 Å². The molecule has 0 radical (unpaired) electrons. The van der Waals surface area contributed by atoms with Gasteiger partial charge >= 0.3 is 0 Å². The smallest absolute Gasteiger partial charge is 0.271 e. The first-order chi connectivity index (χ1) is 12.3. The van der Waals surface area contributed by atoms with Gasteiger partial charge in [-0.3, -0.25) is 4.79 Å². The van der Waals surface area contributed by atoms with Crippen LogP contribution in [0.5, 0.6) is 5.75 Å². The average molecular weight is 397 g/mol. The zero-order chi connectivity index (χ0) is 18.9. The van der Waals surface area contributed by atoms with Crippen LogP contribution >= 0.6 is 11.6 Å². The molecule has 3 rings (SSSR count). The number of sulfone groups is 1. The van der Waals surface area contributed by atoms with Crippen LogP contribution in [0, 0.1) is 6.92 Å². The topological polar surface area (TPSA) is 114 Å². The maximum atomic E-state index is 12.0. The van der Waals surface area contributed by atoms with Gasteiger partial charge in [-0.1, -0.05) is 11.6 Å². The van der Waals surface area contributed by atoms with Gasteiger partial charge in [-0.25, -0.2) is 18.5 Å². The van der Waals surface area contributed by atoms with Crippen molar-refractivity contribution in [1.82, 2.24) is 15.2 Å². The van der Waals surface area contributed by atoms with Gasteiger partial charge in [-0.05, 0) is 37.6 Å². The number of phenols is 1. The maximum Gasteiger partial charge on any atom is 0.271 e. The zero-order valence-corrected chi connectivity index (χ0v) is 15.5. The summed E-state index contributed by atoms with van der Waals surface area (Å²) in [6.07, 6.45) is 1.85. The molecule has 2 heterocycles. The SMILES string of the molecule is Cc1nn([C@H]2CCS(=O)(=O)C2)c(Cl)c1/C=N\NC(=O)c1ccc(O)cc1. The molecule has 1 aliphatic heterocycles. The number of hydrogen-bond donors (Lipinski definition) is 2. The number of carbonyl (C=O) groups excluding carboxylic acids is 1. The number of aromatic hydroxyl groups is 1. The number of hydrazone groups is 1. The highest BCUT2D eigenvalue weighted by molar-refractivity contribution is 7.91. The Morgan fingerprint density at radius 1 is 1.42 bits per heavy atom. The molecule has 2 aromatic rings. The predicted molar refractivity (Wildman–Crippen MR) is 97.4 cm³/mol. The number of halogens is 1. The average Bonchev–Trinajstić information content (AvgIpc) is 3.08. The molecule has 0 bridgehead atoms. The molecule has 0 spiro atoms. The van der Waals surface area contributed by atoms with E-state index in [2.05, 4.69) is 15.6 Å². The molecule has 0 saturated carbocycles. The largest absolute Gasteiger partial charge is 0.508 e. The predicted octanol–water partition coefficient (Wildman–Crippen LogP) is 1.67. The summed E-state index contributed by atoms with van der Waals surface area (Å²) in [5.74, 6) is -0.237. The van der Waals surface area contributed by atoms with Gasteiger partial charge in [0.1, 0.15) is 10.9 Å². The van der Waals surface area contributed by atoms with Crippen LogP contribution < -0.4 is 5.43 Å². The summed E-state index contributed by atoms with van der Waals surface area (Å²) < 4.78 is 24.8. The zero-order valence-electron chi connectivity index (χ0n) is 13.9. The summed E-state index contributed by atoms with van der Waals surface area (Å²) in [6.45, 7) is 1.73. The van der Waals surface area contributed by atoms with Crippen molar-refractivity contribution in [1.29, 1.82) is 0 Å². The van der Waals surface area contributed by atoms with Gasteiger partial charge in [-0.2, -0.15) is 10.2 Å². The van der Waals surface area contributed by atoms with E-state index in [0.717, 1.165) is 0 Å². The van der Waals surface area contributed by atoms with E-state index in [-0.39, 0.29) is 28.5 Å². The van der Waals surface area contributed by atoms with Gasteiger partial charge in [0, 0.05) is 5.56 Å². The third kappa shape index (κ3) is 3.88. The van der Waals surface area contributed by atoms with Gasteiger partial charge in [0.25, 0.3) is 5.91 Å². The summed E-state index contributed by atoms with van der Waals surface area (Å²) in [6, 6.07) is 5.45. The van der Waals surface area contributed by atoms with Gasteiger partial charge < -0.3 is 5.11 Å². The third-order valence-electron chi connectivity index (χ3n) is 4.11. The summed E-state index contributed by atoms with van der Waals surface area (Å²) in [7, 11) is -3.05. The Hall–Kier alpha value is -2.39. The van der Waals surface area contributed by atoms with E-state index < -0.39 is 15.7 Å². The number of nitrogens with one attached hydrogen (secondary N) is 1. The Morgan fingerprint density at radius 3 is 2.73 bits per heavy atom. The lowest BCUT2D eigenvalue weighted by Crippen LogP contribution is -2.17. The van der Waals surface area contributed by atoms with E-state index in [4.69, 9.17) is 11.6 Å². The lowest BCUT2D eigenvalue weighted by Gasteiger charge is -2.09. The normalized spacial score (nSPS) is 19.1. The van der Waals surface area contributed by atoms with Crippen LogP contribution in [0.1, 0.15) is 34.1 Å². The first-order valence-corrected chi connectivity index (χ1v) is 10.0. The first kappa shape index (κ1) is 18.4.